The molecule has 23 heavy (non-hydrogen) atoms. The molecule has 0 aromatic heterocycles. The fraction of sp³-hybridized carbons (Fsp3) is 0.188. The zero-order valence-corrected chi connectivity index (χ0v) is 12.0. The lowest BCUT2D eigenvalue weighted by atomic mass is 10.1. The van der Waals surface area contributed by atoms with Gasteiger partial charge in [0.25, 0.3) is 0 Å². The first-order chi connectivity index (χ1) is 10.7. The summed E-state index contributed by atoms with van der Waals surface area (Å²) < 4.78 is 43.3. The van der Waals surface area contributed by atoms with Gasteiger partial charge in [-0.05, 0) is 24.6 Å². The van der Waals surface area contributed by atoms with Gasteiger partial charge in [-0.15, -0.1) is 0 Å². The molecular formula is C16H13F3O4. The van der Waals surface area contributed by atoms with Crippen LogP contribution >= 0.6 is 0 Å². The van der Waals surface area contributed by atoms with Crippen molar-refractivity contribution in [1.82, 2.24) is 0 Å². The standard InChI is InChI=1S/C16H13F3O4/c1-9-6-7-11(14(21)13(9)20)15(22)23-8-10-4-2-3-5-12(10)16(17,18)19/h2-7,20-21H,8H2,1H3. The fourth-order valence-corrected chi connectivity index (χ4v) is 1.99. The normalized spacial score (nSPS) is 11.3. The maximum Gasteiger partial charge on any atom is 0.416 e. The van der Waals surface area contributed by atoms with Gasteiger partial charge in [-0.3, -0.25) is 0 Å². The lowest BCUT2D eigenvalue weighted by Crippen LogP contribution is -2.12. The minimum absolute atomic E-state index is 0.204. The predicted octanol–water partition coefficient (Wildman–Crippen LogP) is 3.78. The zero-order chi connectivity index (χ0) is 17.2. The summed E-state index contributed by atoms with van der Waals surface area (Å²) in [6, 6.07) is 7.32. The van der Waals surface area contributed by atoms with Crippen LogP contribution in [0.5, 0.6) is 11.5 Å². The van der Waals surface area contributed by atoms with Crippen molar-refractivity contribution in [3.05, 3.63) is 58.7 Å². The van der Waals surface area contributed by atoms with E-state index in [0.717, 1.165) is 6.07 Å². The van der Waals surface area contributed by atoms with E-state index in [2.05, 4.69) is 0 Å². The summed E-state index contributed by atoms with van der Waals surface area (Å²) in [5, 5.41) is 19.3. The van der Waals surface area contributed by atoms with Gasteiger partial charge in [0.15, 0.2) is 11.5 Å². The SMILES string of the molecule is Cc1ccc(C(=O)OCc2ccccc2C(F)(F)F)c(O)c1O. The molecule has 7 heteroatoms. The number of carbonyl (C=O) groups excluding carboxylic acids is 1. The van der Waals surface area contributed by atoms with E-state index in [1.165, 1.54) is 37.3 Å². The van der Waals surface area contributed by atoms with Gasteiger partial charge in [-0.2, -0.15) is 13.2 Å². The van der Waals surface area contributed by atoms with Crippen LogP contribution < -0.4 is 0 Å². The van der Waals surface area contributed by atoms with Crippen LogP contribution in [0.2, 0.25) is 0 Å². The van der Waals surface area contributed by atoms with E-state index in [1.807, 2.05) is 0 Å². The number of halogens is 3. The molecule has 2 N–H and O–H groups in total. The van der Waals surface area contributed by atoms with Crippen molar-refractivity contribution in [2.45, 2.75) is 19.7 Å². The first-order valence-electron chi connectivity index (χ1n) is 6.55. The number of phenolic OH excluding ortho intramolecular Hbond substituents is 2. The molecule has 2 rings (SSSR count). The van der Waals surface area contributed by atoms with Crippen molar-refractivity contribution in [2.75, 3.05) is 0 Å². The van der Waals surface area contributed by atoms with Crippen LogP contribution in [0.3, 0.4) is 0 Å². The number of ether oxygens (including phenoxy) is 1. The van der Waals surface area contributed by atoms with E-state index in [4.69, 9.17) is 4.74 Å². The second-order valence-electron chi connectivity index (χ2n) is 4.86. The third kappa shape index (κ3) is 3.56. The van der Waals surface area contributed by atoms with Crippen molar-refractivity contribution >= 4 is 5.97 Å². The van der Waals surface area contributed by atoms with Crippen LogP contribution in [-0.2, 0) is 17.5 Å². The molecule has 0 saturated heterocycles. The number of hydrogen-bond acceptors (Lipinski definition) is 4. The molecule has 0 radical (unpaired) electrons. The molecule has 0 heterocycles. The Hall–Kier alpha value is -2.70. The Morgan fingerprint density at radius 3 is 2.39 bits per heavy atom. The molecule has 2 aromatic rings. The molecule has 0 unspecified atom stereocenters. The number of benzene rings is 2. The number of phenols is 2. The van der Waals surface area contributed by atoms with Crippen LogP contribution in [0.4, 0.5) is 13.2 Å². The zero-order valence-electron chi connectivity index (χ0n) is 12.0. The van der Waals surface area contributed by atoms with Gasteiger partial charge in [-0.25, -0.2) is 4.79 Å². The first kappa shape index (κ1) is 16.7. The second kappa shape index (κ2) is 6.20. The first-order valence-corrected chi connectivity index (χ1v) is 6.55. The highest BCUT2D eigenvalue weighted by atomic mass is 19.4. The third-order valence-electron chi connectivity index (χ3n) is 3.25. The highest BCUT2D eigenvalue weighted by molar-refractivity contribution is 5.93. The number of aromatic hydroxyl groups is 2. The largest absolute Gasteiger partial charge is 0.504 e. The summed E-state index contributed by atoms with van der Waals surface area (Å²) in [6.07, 6.45) is -4.56. The van der Waals surface area contributed by atoms with Crippen molar-refractivity contribution in [1.29, 1.82) is 0 Å². The fourth-order valence-electron chi connectivity index (χ4n) is 1.99. The number of rotatable bonds is 3. The van der Waals surface area contributed by atoms with E-state index in [0.29, 0.717) is 5.56 Å². The Balaban J connectivity index is 2.20. The second-order valence-corrected chi connectivity index (χ2v) is 4.86. The Kier molecular flexibility index (Phi) is 4.49. The molecule has 0 fully saturated rings. The average Bonchev–Trinajstić information content (AvgIpc) is 2.50. The maximum absolute atomic E-state index is 12.8. The van der Waals surface area contributed by atoms with Crippen LogP contribution in [0, 0.1) is 6.92 Å². The summed E-state index contributed by atoms with van der Waals surface area (Å²) in [5.41, 5.74) is -1.08. The van der Waals surface area contributed by atoms with Gasteiger partial charge < -0.3 is 14.9 Å². The highest BCUT2D eigenvalue weighted by Gasteiger charge is 2.33. The van der Waals surface area contributed by atoms with E-state index < -0.39 is 35.8 Å². The van der Waals surface area contributed by atoms with Gasteiger partial charge in [0.05, 0.1) is 5.56 Å². The Labute approximate surface area is 129 Å². The van der Waals surface area contributed by atoms with Gasteiger partial charge in [0.1, 0.15) is 12.2 Å². The predicted molar refractivity (Wildman–Crippen MR) is 75.1 cm³/mol. The Morgan fingerprint density at radius 1 is 1.09 bits per heavy atom. The molecule has 4 nitrogen and oxygen atoms in total. The van der Waals surface area contributed by atoms with Crippen LogP contribution in [0.25, 0.3) is 0 Å². The molecule has 0 saturated carbocycles. The summed E-state index contributed by atoms with van der Waals surface area (Å²) in [6.45, 7) is 0.909. The highest BCUT2D eigenvalue weighted by Crippen LogP contribution is 2.34. The number of aryl methyl sites for hydroxylation is 1. The topological polar surface area (TPSA) is 66.8 Å². The van der Waals surface area contributed by atoms with Gasteiger partial charge in [0, 0.05) is 5.56 Å². The van der Waals surface area contributed by atoms with E-state index in [9.17, 15) is 28.2 Å². The van der Waals surface area contributed by atoms with Crippen molar-refractivity contribution in [3.8, 4) is 11.5 Å². The van der Waals surface area contributed by atoms with Gasteiger partial charge in [0.2, 0.25) is 0 Å². The van der Waals surface area contributed by atoms with Crippen LogP contribution in [0.1, 0.15) is 27.0 Å². The number of hydrogen-bond donors (Lipinski definition) is 2. The molecule has 0 aliphatic heterocycles. The van der Waals surface area contributed by atoms with Crippen molar-refractivity contribution < 1.29 is 32.9 Å². The minimum Gasteiger partial charge on any atom is -0.504 e. The van der Waals surface area contributed by atoms with Crippen molar-refractivity contribution in [2.24, 2.45) is 0 Å². The monoisotopic (exact) mass is 326 g/mol. The molecule has 0 atom stereocenters. The lowest BCUT2D eigenvalue weighted by Gasteiger charge is -2.13. The molecule has 0 bridgehead atoms. The molecule has 0 amide bonds. The summed E-state index contributed by atoms with van der Waals surface area (Å²) in [4.78, 5) is 11.9. The molecule has 122 valence electrons. The molecular weight excluding hydrogens is 313 g/mol. The summed E-state index contributed by atoms with van der Waals surface area (Å²) in [5.74, 6) is -2.18. The number of alkyl halides is 3. The lowest BCUT2D eigenvalue weighted by molar-refractivity contribution is -0.138. The Bertz CT molecular complexity index is 739. The van der Waals surface area contributed by atoms with Crippen LogP contribution in [-0.4, -0.2) is 16.2 Å². The molecule has 0 spiro atoms. The van der Waals surface area contributed by atoms with Crippen molar-refractivity contribution in [3.63, 3.8) is 0 Å². The van der Waals surface area contributed by atoms with Crippen LogP contribution in [0.15, 0.2) is 36.4 Å². The third-order valence-corrected chi connectivity index (χ3v) is 3.25. The van der Waals surface area contributed by atoms with E-state index >= 15 is 0 Å². The summed E-state index contributed by atoms with van der Waals surface area (Å²) in [7, 11) is 0. The molecule has 0 aliphatic carbocycles. The van der Waals surface area contributed by atoms with Gasteiger partial charge >= 0.3 is 12.1 Å². The Morgan fingerprint density at radius 2 is 1.74 bits per heavy atom. The number of carbonyl (C=O) groups is 1. The van der Waals surface area contributed by atoms with E-state index in [1.54, 1.807) is 0 Å². The number of esters is 1. The molecule has 0 aliphatic rings. The van der Waals surface area contributed by atoms with Gasteiger partial charge in [-0.1, -0.05) is 24.3 Å². The smallest absolute Gasteiger partial charge is 0.416 e. The quantitative estimate of drug-likeness (QED) is 0.665. The average molecular weight is 326 g/mol. The van der Waals surface area contributed by atoms with E-state index in [-0.39, 0.29) is 11.1 Å². The molecule has 2 aromatic carbocycles. The summed E-state index contributed by atoms with van der Waals surface area (Å²) >= 11 is 0. The maximum atomic E-state index is 12.8. The minimum atomic E-state index is -4.56.